The van der Waals surface area contributed by atoms with Crippen molar-refractivity contribution in [1.29, 1.82) is 0 Å². The number of nitro groups is 1. The molecule has 0 amide bonds. The van der Waals surface area contributed by atoms with Gasteiger partial charge in [0, 0.05) is 42.5 Å². The Morgan fingerprint density at radius 2 is 1.74 bits per heavy atom. The van der Waals surface area contributed by atoms with Gasteiger partial charge in [-0.15, -0.1) is 0 Å². The summed E-state index contributed by atoms with van der Waals surface area (Å²) in [5.41, 5.74) is 1.86. The fourth-order valence-corrected chi connectivity index (χ4v) is 2.87. The van der Waals surface area contributed by atoms with E-state index >= 15 is 0 Å². The van der Waals surface area contributed by atoms with E-state index in [1.165, 1.54) is 6.20 Å². The minimum Gasteiger partial charge on any atom is -0.368 e. The van der Waals surface area contributed by atoms with Crippen LogP contribution in [0.5, 0.6) is 0 Å². The van der Waals surface area contributed by atoms with E-state index in [2.05, 4.69) is 14.8 Å². The summed E-state index contributed by atoms with van der Waals surface area (Å²) in [5.74, 6) is 0.795. The van der Waals surface area contributed by atoms with Crippen molar-refractivity contribution < 1.29 is 4.92 Å². The number of aromatic nitrogens is 1. The number of benzene rings is 1. The second-order valence-electron chi connectivity index (χ2n) is 5.54. The van der Waals surface area contributed by atoms with E-state index in [1.54, 1.807) is 13.0 Å². The van der Waals surface area contributed by atoms with Gasteiger partial charge in [0.05, 0.1) is 4.92 Å². The van der Waals surface area contributed by atoms with E-state index in [-0.39, 0.29) is 5.69 Å². The van der Waals surface area contributed by atoms with Crippen molar-refractivity contribution in [1.82, 2.24) is 4.98 Å². The van der Waals surface area contributed by atoms with Gasteiger partial charge >= 0.3 is 0 Å². The molecule has 7 heteroatoms. The quantitative estimate of drug-likeness (QED) is 0.637. The highest BCUT2D eigenvalue weighted by Gasteiger charge is 2.20. The standard InChI is InChI=1S/C16H17ClN4O2/c1-12-10-16(18-11-15(12)21(22)23)20-8-6-19(7-9-20)14-4-2-13(17)3-5-14/h2-5,10-11H,6-9H2,1H3. The number of nitrogens with zero attached hydrogens (tertiary/aromatic N) is 4. The lowest BCUT2D eigenvalue weighted by Crippen LogP contribution is -2.46. The van der Waals surface area contributed by atoms with Gasteiger partial charge in [0.2, 0.25) is 0 Å². The van der Waals surface area contributed by atoms with Crippen LogP contribution in [-0.4, -0.2) is 36.1 Å². The van der Waals surface area contributed by atoms with Crippen molar-refractivity contribution >= 4 is 28.8 Å². The molecule has 0 N–H and O–H groups in total. The van der Waals surface area contributed by atoms with Crippen LogP contribution in [0.4, 0.5) is 17.2 Å². The molecule has 2 aromatic rings. The van der Waals surface area contributed by atoms with Crippen LogP contribution in [0.3, 0.4) is 0 Å². The summed E-state index contributed by atoms with van der Waals surface area (Å²) < 4.78 is 0. The average molecular weight is 333 g/mol. The topological polar surface area (TPSA) is 62.5 Å². The van der Waals surface area contributed by atoms with Gasteiger partial charge in [0.1, 0.15) is 12.0 Å². The molecule has 0 saturated carbocycles. The first-order valence-electron chi connectivity index (χ1n) is 7.41. The SMILES string of the molecule is Cc1cc(N2CCN(c3ccc(Cl)cc3)CC2)ncc1[N+](=O)[O-]. The van der Waals surface area contributed by atoms with Crippen LogP contribution in [-0.2, 0) is 0 Å². The molecule has 1 saturated heterocycles. The first-order chi connectivity index (χ1) is 11.0. The monoisotopic (exact) mass is 332 g/mol. The molecule has 0 radical (unpaired) electrons. The number of aryl methyl sites for hydroxylation is 1. The van der Waals surface area contributed by atoms with Crippen molar-refractivity contribution in [3.63, 3.8) is 0 Å². The second-order valence-corrected chi connectivity index (χ2v) is 5.97. The van der Waals surface area contributed by atoms with Crippen LogP contribution in [0, 0.1) is 17.0 Å². The van der Waals surface area contributed by atoms with Gasteiger partial charge in [-0.25, -0.2) is 4.98 Å². The molecule has 0 aliphatic carbocycles. The lowest BCUT2D eigenvalue weighted by Gasteiger charge is -2.36. The zero-order valence-electron chi connectivity index (χ0n) is 12.8. The maximum Gasteiger partial charge on any atom is 0.290 e. The number of piperazine rings is 1. The molecule has 0 spiro atoms. The van der Waals surface area contributed by atoms with Crippen molar-refractivity contribution in [3.05, 3.63) is 57.2 Å². The average Bonchev–Trinajstić information content (AvgIpc) is 2.55. The minimum absolute atomic E-state index is 0.0635. The molecule has 1 aromatic heterocycles. The molecule has 1 fully saturated rings. The molecule has 6 nitrogen and oxygen atoms in total. The molecule has 0 atom stereocenters. The maximum absolute atomic E-state index is 10.9. The molecule has 1 aliphatic rings. The van der Waals surface area contributed by atoms with Gasteiger partial charge < -0.3 is 9.80 Å². The first-order valence-corrected chi connectivity index (χ1v) is 7.79. The van der Waals surface area contributed by atoms with Gasteiger partial charge in [-0.05, 0) is 37.3 Å². The Morgan fingerprint density at radius 1 is 1.13 bits per heavy atom. The van der Waals surface area contributed by atoms with Crippen LogP contribution < -0.4 is 9.80 Å². The van der Waals surface area contributed by atoms with E-state index in [9.17, 15) is 10.1 Å². The maximum atomic E-state index is 10.9. The number of anilines is 2. The normalized spacial score (nSPS) is 14.9. The molecule has 1 aliphatic heterocycles. The summed E-state index contributed by atoms with van der Waals surface area (Å²) in [6, 6.07) is 9.61. The van der Waals surface area contributed by atoms with Crippen LogP contribution in [0.15, 0.2) is 36.5 Å². The first kappa shape index (κ1) is 15.6. The Morgan fingerprint density at radius 3 is 2.30 bits per heavy atom. The highest BCUT2D eigenvalue weighted by Crippen LogP contribution is 2.24. The van der Waals surface area contributed by atoms with Crippen LogP contribution in [0.25, 0.3) is 0 Å². The molecular weight excluding hydrogens is 316 g/mol. The molecule has 23 heavy (non-hydrogen) atoms. The molecule has 1 aromatic carbocycles. The highest BCUT2D eigenvalue weighted by atomic mass is 35.5. The molecule has 0 bridgehead atoms. The number of pyridine rings is 1. The van der Waals surface area contributed by atoms with Gasteiger partial charge in [-0.2, -0.15) is 0 Å². The highest BCUT2D eigenvalue weighted by molar-refractivity contribution is 6.30. The number of rotatable bonds is 3. The summed E-state index contributed by atoms with van der Waals surface area (Å²) in [5, 5.41) is 11.6. The zero-order chi connectivity index (χ0) is 16.4. The van der Waals surface area contributed by atoms with Gasteiger partial charge in [-0.1, -0.05) is 11.6 Å². The summed E-state index contributed by atoms with van der Waals surface area (Å²) in [6.45, 7) is 5.14. The van der Waals surface area contributed by atoms with E-state index in [1.807, 2.05) is 24.3 Å². The largest absolute Gasteiger partial charge is 0.368 e. The van der Waals surface area contributed by atoms with E-state index < -0.39 is 4.92 Å². The summed E-state index contributed by atoms with van der Waals surface area (Å²) >= 11 is 5.92. The van der Waals surface area contributed by atoms with Gasteiger partial charge in [-0.3, -0.25) is 10.1 Å². The Bertz CT molecular complexity index is 713. The predicted octanol–water partition coefficient (Wildman–Crippen LogP) is 3.28. The third kappa shape index (κ3) is 3.37. The predicted molar refractivity (Wildman–Crippen MR) is 91.5 cm³/mol. The Balaban J connectivity index is 1.68. The van der Waals surface area contributed by atoms with Crippen molar-refractivity contribution in [3.8, 4) is 0 Å². The lowest BCUT2D eigenvalue weighted by atomic mass is 10.2. The lowest BCUT2D eigenvalue weighted by molar-refractivity contribution is -0.385. The smallest absolute Gasteiger partial charge is 0.290 e. The Kier molecular flexibility index (Phi) is 4.34. The van der Waals surface area contributed by atoms with Crippen molar-refractivity contribution in [2.45, 2.75) is 6.92 Å². The van der Waals surface area contributed by atoms with Crippen LogP contribution in [0.1, 0.15) is 5.56 Å². The Hall–Kier alpha value is -2.34. The summed E-state index contributed by atoms with van der Waals surface area (Å²) in [4.78, 5) is 19.2. The Labute approximate surface area is 139 Å². The zero-order valence-corrected chi connectivity index (χ0v) is 13.5. The third-order valence-corrected chi connectivity index (χ3v) is 4.31. The molecule has 2 heterocycles. The third-order valence-electron chi connectivity index (χ3n) is 4.06. The molecular formula is C16H17ClN4O2. The van der Waals surface area contributed by atoms with E-state index in [4.69, 9.17) is 11.6 Å². The van der Waals surface area contributed by atoms with Gasteiger partial charge in [0.15, 0.2) is 0 Å². The van der Waals surface area contributed by atoms with E-state index in [0.29, 0.717) is 5.56 Å². The van der Waals surface area contributed by atoms with Crippen LogP contribution >= 0.6 is 11.6 Å². The van der Waals surface area contributed by atoms with Gasteiger partial charge in [0.25, 0.3) is 5.69 Å². The van der Waals surface area contributed by atoms with E-state index in [0.717, 1.165) is 42.7 Å². The fraction of sp³-hybridized carbons (Fsp3) is 0.312. The number of hydrogen-bond acceptors (Lipinski definition) is 5. The molecule has 3 rings (SSSR count). The summed E-state index contributed by atoms with van der Waals surface area (Å²) in [6.07, 6.45) is 1.34. The molecule has 0 unspecified atom stereocenters. The summed E-state index contributed by atoms with van der Waals surface area (Å²) in [7, 11) is 0. The number of hydrogen-bond donors (Lipinski definition) is 0. The fourth-order valence-electron chi connectivity index (χ4n) is 2.74. The number of halogens is 1. The second kappa shape index (κ2) is 6.42. The minimum atomic E-state index is -0.398. The van der Waals surface area contributed by atoms with Crippen molar-refractivity contribution in [2.24, 2.45) is 0 Å². The molecule has 120 valence electrons. The van der Waals surface area contributed by atoms with Crippen LogP contribution in [0.2, 0.25) is 5.02 Å². The van der Waals surface area contributed by atoms with Crippen molar-refractivity contribution in [2.75, 3.05) is 36.0 Å².